The molecule has 2 aromatic carbocycles. The Bertz CT molecular complexity index is 1230. The fourth-order valence-electron chi connectivity index (χ4n) is 5.54. The van der Waals surface area contributed by atoms with Gasteiger partial charge in [-0.3, -0.25) is 14.7 Å². The van der Waals surface area contributed by atoms with Crippen LogP contribution in [0.5, 0.6) is 5.75 Å². The molecule has 208 valence electrons. The van der Waals surface area contributed by atoms with Crippen LogP contribution in [-0.4, -0.2) is 78.4 Å². The smallest absolute Gasteiger partial charge is 0.406 e. The van der Waals surface area contributed by atoms with Gasteiger partial charge in [-0.05, 0) is 56.0 Å². The van der Waals surface area contributed by atoms with Gasteiger partial charge in [0.15, 0.2) is 11.6 Å². The SMILES string of the molecule is CC(C)N1CCN(CCOc2ccc(NC3=NC=CC(OC(N)=O)N3C3CCc4ccccc43)cc2F)CC1. The number of piperazine rings is 1. The number of halogens is 1. The molecule has 1 fully saturated rings. The fourth-order valence-corrected chi connectivity index (χ4v) is 5.54. The standard InChI is InChI=1S/C29H37FN6O3/c1-20(2)35-15-13-34(14-16-35)17-18-38-26-10-8-22(19-24(26)30)33-29-32-12-11-27(39-28(31)37)36(29)25-9-7-21-5-3-4-6-23(21)25/h3-6,8,10-12,19-20,25,27H,7,9,13-18H2,1-2H3,(H2,31,37)(H,32,33). The molecule has 2 unspecified atom stereocenters. The molecule has 0 radical (unpaired) electrons. The quantitative estimate of drug-likeness (QED) is 0.528. The number of guanidine groups is 1. The maximum absolute atomic E-state index is 15.0. The highest BCUT2D eigenvalue weighted by atomic mass is 19.1. The van der Waals surface area contributed by atoms with Crippen molar-refractivity contribution in [1.29, 1.82) is 0 Å². The molecule has 0 bridgehead atoms. The number of anilines is 1. The number of aryl methyl sites for hydroxylation is 1. The molecule has 0 spiro atoms. The van der Waals surface area contributed by atoms with E-state index in [-0.39, 0.29) is 11.8 Å². The van der Waals surface area contributed by atoms with Gasteiger partial charge < -0.3 is 20.5 Å². The molecule has 1 aliphatic carbocycles. The van der Waals surface area contributed by atoms with E-state index in [1.165, 1.54) is 11.6 Å². The van der Waals surface area contributed by atoms with Crippen LogP contribution in [-0.2, 0) is 11.2 Å². The summed E-state index contributed by atoms with van der Waals surface area (Å²) < 4.78 is 26.2. The van der Waals surface area contributed by atoms with Crippen molar-refractivity contribution in [3.63, 3.8) is 0 Å². The first-order chi connectivity index (χ1) is 18.9. The number of ether oxygens (including phenoxy) is 2. The van der Waals surface area contributed by atoms with Crippen LogP contribution in [0.4, 0.5) is 14.9 Å². The summed E-state index contributed by atoms with van der Waals surface area (Å²) in [4.78, 5) is 22.9. The molecule has 0 saturated carbocycles. The second-order valence-corrected chi connectivity index (χ2v) is 10.4. The summed E-state index contributed by atoms with van der Waals surface area (Å²) >= 11 is 0. The molecule has 1 saturated heterocycles. The van der Waals surface area contributed by atoms with Gasteiger partial charge in [-0.1, -0.05) is 24.3 Å². The third-order valence-electron chi connectivity index (χ3n) is 7.63. The average molecular weight is 537 g/mol. The fraction of sp³-hybridized carbons (Fsp3) is 0.448. The van der Waals surface area contributed by atoms with Crippen LogP contribution in [0.25, 0.3) is 0 Å². The molecule has 0 aromatic heterocycles. The lowest BCUT2D eigenvalue weighted by molar-refractivity contribution is 0.0394. The first kappa shape index (κ1) is 27.0. The maximum Gasteiger partial charge on any atom is 0.406 e. The zero-order valence-electron chi connectivity index (χ0n) is 22.6. The van der Waals surface area contributed by atoms with Gasteiger partial charge in [0.05, 0.1) is 6.04 Å². The highest BCUT2D eigenvalue weighted by molar-refractivity contribution is 5.95. The number of nitrogens with two attached hydrogens (primary N) is 1. The molecule has 3 aliphatic rings. The number of nitrogens with one attached hydrogen (secondary N) is 1. The van der Waals surface area contributed by atoms with Crippen molar-refractivity contribution < 1.29 is 18.7 Å². The summed E-state index contributed by atoms with van der Waals surface area (Å²) in [6.45, 7) is 9.68. The summed E-state index contributed by atoms with van der Waals surface area (Å²) in [5.74, 6) is 0.196. The molecule has 2 aromatic rings. The van der Waals surface area contributed by atoms with E-state index < -0.39 is 18.1 Å². The van der Waals surface area contributed by atoms with Crippen molar-refractivity contribution in [3.05, 3.63) is 71.7 Å². The summed E-state index contributed by atoms with van der Waals surface area (Å²) in [6, 6.07) is 13.4. The van der Waals surface area contributed by atoms with Crippen molar-refractivity contribution >= 4 is 17.7 Å². The second-order valence-electron chi connectivity index (χ2n) is 10.4. The normalized spacial score (nSPS) is 21.5. The van der Waals surface area contributed by atoms with Crippen molar-refractivity contribution in [2.24, 2.45) is 10.7 Å². The summed E-state index contributed by atoms with van der Waals surface area (Å²) in [7, 11) is 0. The number of aliphatic imine (C=N–C) groups is 1. The molecule has 10 heteroatoms. The number of fused-ring (bicyclic) bond motifs is 1. The highest BCUT2D eigenvalue weighted by Gasteiger charge is 2.36. The van der Waals surface area contributed by atoms with Gasteiger partial charge in [0, 0.05) is 56.7 Å². The van der Waals surface area contributed by atoms with E-state index in [0.29, 0.717) is 24.3 Å². The number of hydrogen-bond donors (Lipinski definition) is 2. The van der Waals surface area contributed by atoms with Crippen LogP contribution in [0.1, 0.15) is 37.4 Å². The van der Waals surface area contributed by atoms with Crippen molar-refractivity contribution in [2.45, 2.75) is 45.0 Å². The van der Waals surface area contributed by atoms with E-state index in [0.717, 1.165) is 51.1 Å². The molecule has 5 rings (SSSR count). The molecular weight excluding hydrogens is 499 g/mol. The monoisotopic (exact) mass is 536 g/mol. The Kier molecular flexibility index (Phi) is 8.33. The molecule has 2 atom stereocenters. The number of nitrogens with zero attached hydrogens (tertiary/aromatic N) is 4. The Balaban J connectivity index is 1.23. The molecule has 9 nitrogen and oxygen atoms in total. The van der Waals surface area contributed by atoms with Gasteiger partial charge in [0.1, 0.15) is 6.61 Å². The number of rotatable bonds is 8. The van der Waals surface area contributed by atoms with E-state index in [2.05, 4.69) is 46.1 Å². The summed E-state index contributed by atoms with van der Waals surface area (Å²) in [5.41, 5.74) is 8.25. The Hall–Kier alpha value is -3.63. The van der Waals surface area contributed by atoms with Gasteiger partial charge in [-0.25, -0.2) is 14.2 Å². The van der Waals surface area contributed by atoms with Gasteiger partial charge in [-0.2, -0.15) is 0 Å². The number of hydrogen-bond acceptors (Lipinski definition) is 8. The van der Waals surface area contributed by atoms with Crippen LogP contribution in [0.2, 0.25) is 0 Å². The molecule has 2 heterocycles. The molecule has 3 N–H and O–H groups in total. The highest BCUT2D eigenvalue weighted by Crippen LogP contribution is 2.38. The van der Waals surface area contributed by atoms with Gasteiger partial charge >= 0.3 is 6.09 Å². The Labute approximate surface area is 229 Å². The van der Waals surface area contributed by atoms with E-state index in [1.54, 1.807) is 24.4 Å². The minimum absolute atomic E-state index is 0.0865. The predicted molar refractivity (Wildman–Crippen MR) is 149 cm³/mol. The van der Waals surface area contributed by atoms with E-state index >= 15 is 4.39 Å². The first-order valence-electron chi connectivity index (χ1n) is 13.6. The van der Waals surface area contributed by atoms with Gasteiger partial charge in [0.2, 0.25) is 12.2 Å². The largest absolute Gasteiger partial charge is 0.489 e. The molecular formula is C29H37FN6O3. The van der Waals surface area contributed by atoms with Crippen LogP contribution in [0.3, 0.4) is 0 Å². The van der Waals surface area contributed by atoms with E-state index in [1.807, 2.05) is 17.0 Å². The van der Waals surface area contributed by atoms with Gasteiger partial charge in [-0.15, -0.1) is 0 Å². The number of amides is 1. The third kappa shape index (κ3) is 6.34. The molecule has 2 aliphatic heterocycles. The Morgan fingerprint density at radius 3 is 2.72 bits per heavy atom. The zero-order chi connectivity index (χ0) is 27.4. The number of primary amides is 1. The molecule has 39 heavy (non-hydrogen) atoms. The lowest BCUT2D eigenvalue weighted by Crippen LogP contribution is -2.49. The van der Waals surface area contributed by atoms with Crippen LogP contribution < -0.4 is 15.8 Å². The topological polar surface area (TPSA) is 95.7 Å². The van der Waals surface area contributed by atoms with Crippen molar-refractivity contribution in [3.8, 4) is 5.75 Å². The predicted octanol–water partition coefficient (Wildman–Crippen LogP) is 3.94. The van der Waals surface area contributed by atoms with E-state index in [9.17, 15) is 4.79 Å². The second kappa shape index (κ2) is 12.0. The maximum atomic E-state index is 15.0. The van der Waals surface area contributed by atoms with Gasteiger partial charge in [0.25, 0.3) is 0 Å². The number of carbonyl (C=O) groups excluding carboxylic acids is 1. The Morgan fingerprint density at radius 1 is 1.18 bits per heavy atom. The minimum Gasteiger partial charge on any atom is -0.489 e. The molecule has 1 amide bonds. The number of benzene rings is 2. The number of carbonyl (C=O) groups is 1. The minimum atomic E-state index is -0.878. The summed E-state index contributed by atoms with van der Waals surface area (Å²) in [5, 5.41) is 3.22. The van der Waals surface area contributed by atoms with E-state index in [4.69, 9.17) is 15.2 Å². The Morgan fingerprint density at radius 2 is 1.97 bits per heavy atom. The van der Waals surface area contributed by atoms with Crippen LogP contribution in [0.15, 0.2) is 59.7 Å². The van der Waals surface area contributed by atoms with Crippen molar-refractivity contribution in [1.82, 2.24) is 14.7 Å². The zero-order valence-corrected chi connectivity index (χ0v) is 22.6. The lowest BCUT2D eigenvalue weighted by atomic mass is 10.1. The van der Waals surface area contributed by atoms with Crippen LogP contribution >= 0.6 is 0 Å². The first-order valence-corrected chi connectivity index (χ1v) is 13.6. The third-order valence-corrected chi connectivity index (χ3v) is 7.63. The lowest BCUT2D eigenvalue weighted by Gasteiger charge is -2.38. The van der Waals surface area contributed by atoms with Crippen molar-refractivity contribution in [2.75, 3.05) is 44.6 Å². The summed E-state index contributed by atoms with van der Waals surface area (Å²) in [6.07, 6.45) is 3.33. The van der Waals surface area contributed by atoms with Crippen LogP contribution in [0, 0.1) is 5.82 Å². The average Bonchev–Trinajstić information content (AvgIpc) is 3.34.